The number of hydrazine groups is 1. The van der Waals surface area contributed by atoms with Crippen molar-refractivity contribution in [3.05, 3.63) is 82.6 Å². The summed E-state index contributed by atoms with van der Waals surface area (Å²) in [5.74, 6) is 6.52. The molecule has 0 unspecified atom stereocenters. The maximum absolute atomic E-state index is 12.6. The number of Topliss-reactive ketones (excluding diaryl/α,β-unsaturated/α-hetero) is 1. The van der Waals surface area contributed by atoms with Gasteiger partial charge in [-0.25, -0.2) is 5.84 Å². The Kier molecular flexibility index (Phi) is 7.44. The highest BCUT2D eigenvalue weighted by molar-refractivity contribution is 6.31. The third kappa shape index (κ3) is 5.42. The van der Waals surface area contributed by atoms with E-state index in [1.165, 1.54) is 10.6 Å². The quantitative estimate of drug-likeness (QED) is 0.106. The van der Waals surface area contributed by atoms with Crippen LogP contribution in [0.15, 0.2) is 60.8 Å². The Labute approximate surface area is 226 Å². The molecule has 2 aliphatic rings. The Morgan fingerprint density at radius 3 is 2.61 bits per heavy atom. The molecule has 1 amide bonds. The fourth-order valence-corrected chi connectivity index (χ4v) is 5.55. The van der Waals surface area contributed by atoms with Crippen molar-refractivity contribution >= 4 is 35.3 Å². The predicted molar refractivity (Wildman–Crippen MR) is 145 cm³/mol. The molecule has 38 heavy (non-hydrogen) atoms. The lowest BCUT2D eigenvalue weighted by Crippen LogP contribution is -2.45. The first kappa shape index (κ1) is 25.9. The van der Waals surface area contributed by atoms with Gasteiger partial charge in [-0.1, -0.05) is 35.9 Å². The highest BCUT2D eigenvalue weighted by Crippen LogP contribution is 2.33. The van der Waals surface area contributed by atoms with Gasteiger partial charge in [-0.3, -0.25) is 25.2 Å². The first-order valence-corrected chi connectivity index (χ1v) is 13.2. The number of rotatable bonds is 7. The van der Waals surface area contributed by atoms with E-state index >= 15 is 0 Å². The summed E-state index contributed by atoms with van der Waals surface area (Å²) in [6, 6.07) is 17.4. The molecule has 8 nitrogen and oxygen atoms in total. The van der Waals surface area contributed by atoms with Gasteiger partial charge in [-0.05, 0) is 54.2 Å². The summed E-state index contributed by atoms with van der Waals surface area (Å²) in [5.41, 5.74) is 5.07. The molecule has 4 N–H and O–H groups in total. The number of benzene rings is 2. The number of carbonyl (C=O) groups excluding carboxylic acids is 2. The smallest absolute Gasteiger partial charge is 0.238 e. The molecule has 5 rings (SSSR count). The van der Waals surface area contributed by atoms with Crippen LogP contribution in [-0.4, -0.2) is 41.2 Å². The Balaban J connectivity index is 1.27. The maximum Gasteiger partial charge on any atom is 0.238 e. The van der Waals surface area contributed by atoms with Gasteiger partial charge in [0.15, 0.2) is 0 Å². The average molecular weight is 533 g/mol. The second-order valence-electron chi connectivity index (χ2n) is 10.1. The van der Waals surface area contributed by atoms with Gasteiger partial charge in [0.2, 0.25) is 17.8 Å². The molecule has 1 aliphatic heterocycles. The van der Waals surface area contributed by atoms with Crippen molar-refractivity contribution in [1.82, 2.24) is 4.90 Å². The number of piperidine rings is 1. The molecule has 0 radical (unpaired) electrons. The maximum atomic E-state index is 12.6. The van der Waals surface area contributed by atoms with Gasteiger partial charge >= 0.3 is 0 Å². The third-order valence-electron chi connectivity index (χ3n) is 7.61. The van der Waals surface area contributed by atoms with E-state index in [0.29, 0.717) is 47.0 Å². The van der Waals surface area contributed by atoms with Gasteiger partial charge in [0.25, 0.3) is 0 Å². The Bertz CT molecular complexity index is 1380. The summed E-state index contributed by atoms with van der Waals surface area (Å²) in [7, 11) is 0. The van der Waals surface area contributed by atoms with Crippen LogP contribution in [0.3, 0.4) is 0 Å². The van der Waals surface area contributed by atoms with Gasteiger partial charge in [-0.15, -0.1) is 0 Å². The molecule has 1 aliphatic carbocycles. The van der Waals surface area contributed by atoms with Crippen LogP contribution in [0.25, 0.3) is 11.1 Å². The standard InChI is InChI=1S/C29H31ClN5O3/c30-24-5-7-28(34(32)18-31)27(16-24)22-4-6-25(35(38)17-22)13-19-2-1-3-21(12-19)20-8-10-33(11-9-20)29(37)23-14-26(36)15-23/h1-7,12,16-18,20,23,31,38H,8-11,13-15,32H2/q+1. The first-order chi connectivity index (χ1) is 18.3. The van der Waals surface area contributed by atoms with Gasteiger partial charge in [0, 0.05) is 47.3 Å². The van der Waals surface area contributed by atoms with Crippen LogP contribution >= 0.6 is 11.6 Å². The molecule has 2 heterocycles. The van der Waals surface area contributed by atoms with Gasteiger partial charge in [0.1, 0.15) is 12.1 Å². The van der Waals surface area contributed by atoms with E-state index in [-0.39, 0.29) is 17.6 Å². The van der Waals surface area contributed by atoms with Gasteiger partial charge in [-0.2, -0.15) is 0 Å². The van der Waals surface area contributed by atoms with Crippen molar-refractivity contribution in [3.8, 4) is 11.1 Å². The minimum atomic E-state index is -0.102. The monoisotopic (exact) mass is 532 g/mol. The zero-order valence-corrected chi connectivity index (χ0v) is 21.8. The lowest BCUT2D eigenvalue weighted by atomic mass is 9.81. The van der Waals surface area contributed by atoms with Crippen molar-refractivity contribution in [2.45, 2.75) is 38.0 Å². The van der Waals surface area contributed by atoms with E-state index in [9.17, 15) is 14.8 Å². The number of aromatic nitrogens is 1. The largest absolute Gasteiger partial charge is 0.342 e. The number of carbonyl (C=O) groups is 2. The second kappa shape index (κ2) is 10.9. The number of hydrogen-bond acceptors (Lipinski definition) is 5. The summed E-state index contributed by atoms with van der Waals surface area (Å²) < 4.78 is 1.12. The van der Waals surface area contributed by atoms with E-state index in [1.807, 2.05) is 23.1 Å². The number of amides is 1. The molecular formula is C29H31ClN5O3+. The fourth-order valence-electron chi connectivity index (χ4n) is 5.38. The number of nitrogens with one attached hydrogen (secondary N) is 1. The predicted octanol–water partition coefficient (Wildman–Crippen LogP) is 4.09. The fraction of sp³-hybridized carbons (Fsp3) is 0.310. The van der Waals surface area contributed by atoms with E-state index in [4.69, 9.17) is 22.9 Å². The van der Waals surface area contributed by atoms with Crippen LogP contribution in [0.5, 0.6) is 0 Å². The molecule has 2 aromatic carbocycles. The lowest BCUT2D eigenvalue weighted by Gasteiger charge is -2.36. The van der Waals surface area contributed by atoms with Crippen LogP contribution in [0.2, 0.25) is 5.02 Å². The van der Waals surface area contributed by atoms with Crippen molar-refractivity contribution < 1.29 is 19.5 Å². The number of ketones is 1. The van der Waals surface area contributed by atoms with Gasteiger partial charge < -0.3 is 4.90 Å². The highest BCUT2D eigenvalue weighted by Gasteiger charge is 2.36. The SMILES string of the molecule is N=CN(N)c1ccc(Cl)cc1-c1ccc(Cc2cccc(C3CCN(C(=O)C4CC(=O)C4)CC3)c2)[n+](O)c1. The molecule has 0 bridgehead atoms. The summed E-state index contributed by atoms with van der Waals surface area (Å²) in [6.45, 7) is 1.44. The second-order valence-corrected chi connectivity index (χ2v) is 10.6. The number of likely N-dealkylation sites (tertiary alicyclic amines) is 1. The molecule has 1 saturated heterocycles. The van der Waals surface area contributed by atoms with E-state index < -0.39 is 0 Å². The minimum Gasteiger partial charge on any atom is -0.342 e. The molecule has 0 atom stereocenters. The van der Waals surface area contributed by atoms with Crippen molar-refractivity contribution in [2.75, 3.05) is 18.1 Å². The van der Waals surface area contributed by atoms with Crippen LogP contribution in [0.4, 0.5) is 5.69 Å². The number of hydrogen-bond donors (Lipinski definition) is 3. The summed E-state index contributed by atoms with van der Waals surface area (Å²) in [6.07, 6.45) is 5.79. The Morgan fingerprint density at radius 1 is 1.16 bits per heavy atom. The molecule has 196 valence electrons. The molecule has 0 spiro atoms. The number of pyridine rings is 1. The molecule has 2 fully saturated rings. The number of nitrogens with two attached hydrogens (primary N) is 1. The Morgan fingerprint density at radius 2 is 1.92 bits per heavy atom. The normalized spacial score (nSPS) is 16.3. The van der Waals surface area contributed by atoms with Crippen LogP contribution < -0.4 is 15.6 Å². The van der Waals surface area contributed by atoms with E-state index in [2.05, 4.69) is 18.2 Å². The Hall–Kier alpha value is -3.75. The lowest BCUT2D eigenvalue weighted by molar-refractivity contribution is -0.909. The molecule has 1 saturated carbocycles. The molecular weight excluding hydrogens is 502 g/mol. The number of halogens is 1. The zero-order valence-electron chi connectivity index (χ0n) is 21.0. The molecule has 3 aromatic rings. The average Bonchev–Trinajstić information content (AvgIpc) is 2.92. The van der Waals surface area contributed by atoms with E-state index in [1.54, 1.807) is 24.4 Å². The van der Waals surface area contributed by atoms with E-state index in [0.717, 1.165) is 48.3 Å². The van der Waals surface area contributed by atoms with Crippen LogP contribution in [-0.2, 0) is 16.0 Å². The van der Waals surface area contributed by atoms with Crippen molar-refractivity contribution in [1.29, 1.82) is 5.41 Å². The van der Waals surface area contributed by atoms with Crippen molar-refractivity contribution in [3.63, 3.8) is 0 Å². The minimum absolute atomic E-state index is 0.102. The molecule has 9 heteroatoms. The summed E-state index contributed by atoms with van der Waals surface area (Å²) in [4.78, 5) is 25.8. The zero-order chi connectivity index (χ0) is 26.8. The topological polar surface area (TPSA) is 115 Å². The van der Waals surface area contributed by atoms with Gasteiger partial charge in [0.05, 0.1) is 23.6 Å². The number of nitrogens with zero attached hydrogens (tertiary/aromatic N) is 3. The third-order valence-corrected chi connectivity index (χ3v) is 7.84. The first-order valence-electron chi connectivity index (χ1n) is 12.8. The van der Waals surface area contributed by atoms with Crippen LogP contribution in [0.1, 0.15) is 48.4 Å². The number of anilines is 1. The summed E-state index contributed by atoms with van der Waals surface area (Å²) in [5, 5.41) is 20.0. The van der Waals surface area contributed by atoms with Crippen LogP contribution in [0, 0.1) is 11.3 Å². The highest BCUT2D eigenvalue weighted by atomic mass is 35.5. The summed E-state index contributed by atoms with van der Waals surface area (Å²) >= 11 is 6.21. The van der Waals surface area contributed by atoms with Crippen molar-refractivity contribution in [2.24, 2.45) is 11.8 Å². The molecule has 1 aromatic heterocycles.